The summed E-state index contributed by atoms with van der Waals surface area (Å²) in [6.45, 7) is 5.09. The van der Waals surface area contributed by atoms with E-state index < -0.39 is 0 Å². The first kappa shape index (κ1) is 21.9. The van der Waals surface area contributed by atoms with Crippen LogP contribution in [0.4, 0.5) is 5.69 Å². The summed E-state index contributed by atoms with van der Waals surface area (Å²) >= 11 is 0. The molecule has 35 heavy (non-hydrogen) atoms. The number of nitrogens with two attached hydrogens (primary N) is 1. The van der Waals surface area contributed by atoms with E-state index in [4.69, 9.17) is 5.73 Å². The van der Waals surface area contributed by atoms with Gasteiger partial charge in [-0.2, -0.15) is 0 Å². The van der Waals surface area contributed by atoms with Crippen LogP contribution in [0.15, 0.2) is 54.7 Å². The van der Waals surface area contributed by atoms with Crippen molar-refractivity contribution < 1.29 is 9.59 Å². The second-order valence-electron chi connectivity index (χ2n) is 10.1. The molecule has 1 unspecified atom stereocenters. The monoisotopic (exact) mass is 466 g/mol. The van der Waals surface area contributed by atoms with Crippen molar-refractivity contribution in [3.8, 4) is 0 Å². The Labute approximate surface area is 204 Å². The van der Waals surface area contributed by atoms with Crippen molar-refractivity contribution in [3.63, 3.8) is 0 Å². The van der Waals surface area contributed by atoms with Crippen LogP contribution >= 0.6 is 0 Å². The number of para-hydroxylation sites is 1. The molecule has 178 valence electrons. The maximum atomic E-state index is 14.0. The van der Waals surface area contributed by atoms with Gasteiger partial charge in [0.05, 0.1) is 16.8 Å². The van der Waals surface area contributed by atoms with Gasteiger partial charge in [-0.1, -0.05) is 44.2 Å². The van der Waals surface area contributed by atoms with Crippen LogP contribution in [0.25, 0.3) is 27.4 Å². The molecule has 2 aromatic heterocycles. The quantitative estimate of drug-likeness (QED) is 0.426. The first-order chi connectivity index (χ1) is 16.9. The lowest BCUT2D eigenvalue weighted by molar-refractivity contribution is -0.119. The Balaban J connectivity index is 1.56. The zero-order valence-electron chi connectivity index (χ0n) is 20.4. The smallest absolute Gasteiger partial charge is 0.266 e. The van der Waals surface area contributed by atoms with Crippen LogP contribution in [-0.2, 0) is 29.6 Å². The zero-order valence-corrected chi connectivity index (χ0v) is 20.4. The van der Waals surface area contributed by atoms with E-state index in [1.165, 1.54) is 11.0 Å². The fourth-order valence-corrected chi connectivity index (χ4v) is 5.84. The maximum absolute atomic E-state index is 14.0. The largest absolute Gasteiger partial charge is 0.350 e. The zero-order chi connectivity index (χ0) is 24.4. The number of aryl methyl sites for hydroxylation is 2. The predicted octanol–water partition coefficient (Wildman–Crippen LogP) is 5.08. The summed E-state index contributed by atoms with van der Waals surface area (Å²) in [4.78, 5) is 28.9. The third-order valence-electron chi connectivity index (χ3n) is 7.66. The minimum Gasteiger partial charge on any atom is -0.350 e. The standard InChI is InChI=1S/C29H30N4O2/c1-17(2)27(30)19-10-8-13-23-26(19)28(24-12-6-7-14-32(23)24)33-25(34)15-20(29(33)35)21-16-31(3)22-11-5-4-9-18(21)22/h4-5,8-11,13,15-17,27H,6-7,12,14,30H2,1-3H3. The predicted molar refractivity (Wildman–Crippen MR) is 140 cm³/mol. The Morgan fingerprint density at radius 3 is 2.54 bits per heavy atom. The molecule has 2 aliphatic heterocycles. The van der Waals surface area contributed by atoms with E-state index in [1.54, 1.807) is 0 Å². The highest BCUT2D eigenvalue weighted by atomic mass is 16.2. The number of anilines is 1. The molecule has 0 spiro atoms. The summed E-state index contributed by atoms with van der Waals surface area (Å²) in [6.07, 6.45) is 6.40. The maximum Gasteiger partial charge on any atom is 0.266 e. The Kier molecular flexibility index (Phi) is 4.97. The number of benzene rings is 2. The molecule has 0 saturated carbocycles. The number of amides is 2. The van der Waals surface area contributed by atoms with Gasteiger partial charge in [-0.3, -0.25) is 9.59 Å². The Morgan fingerprint density at radius 1 is 0.971 bits per heavy atom. The molecule has 6 heteroatoms. The van der Waals surface area contributed by atoms with E-state index in [2.05, 4.69) is 24.5 Å². The first-order valence-electron chi connectivity index (χ1n) is 12.4. The SMILES string of the molecule is CC(C)C(N)c1cccc2c1c(N1C(=O)C=C(c3cn(C)c4ccccc34)C1=O)c1n2CCCC1. The van der Waals surface area contributed by atoms with E-state index in [-0.39, 0.29) is 23.8 Å². The first-order valence-corrected chi connectivity index (χ1v) is 12.4. The van der Waals surface area contributed by atoms with Crippen LogP contribution in [-0.4, -0.2) is 20.9 Å². The summed E-state index contributed by atoms with van der Waals surface area (Å²) in [7, 11) is 1.96. The molecule has 4 heterocycles. The Bertz CT molecular complexity index is 1550. The molecule has 0 saturated heterocycles. The lowest BCUT2D eigenvalue weighted by Crippen LogP contribution is -2.32. The summed E-state index contributed by atoms with van der Waals surface area (Å²) in [5, 5.41) is 1.91. The number of fused-ring (bicyclic) bond motifs is 4. The second kappa shape index (κ2) is 7.95. The molecule has 4 aromatic rings. The van der Waals surface area contributed by atoms with Crippen LogP contribution < -0.4 is 10.6 Å². The highest BCUT2D eigenvalue weighted by molar-refractivity contribution is 6.45. The molecule has 0 radical (unpaired) electrons. The highest BCUT2D eigenvalue weighted by Crippen LogP contribution is 2.44. The number of nitrogens with zero attached hydrogens (tertiary/aromatic N) is 3. The number of carbonyl (C=O) groups excluding carboxylic acids is 2. The number of rotatable bonds is 4. The minimum absolute atomic E-state index is 0.194. The molecule has 2 aliphatic rings. The van der Waals surface area contributed by atoms with Gasteiger partial charge in [-0.15, -0.1) is 0 Å². The molecule has 6 nitrogen and oxygen atoms in total. The number of carbonyl (C=O) groups is 2. The lowest BCUT2D eigenvalue weighted by atomic mass is 9.93. The van der Waals surface area contributed by atoms with Crippen LogP contribution in [0.1, 0.15) is 49.6 Å². The van der Waals surface area contributed by atoms with E-state index in [0.717, 1.165) is 70.1 Å². The van der Waals surface area contributed by atoms with Gasteiger partial charge >= 0.3 is 0 Å². The molecule has 2 amide bonds. The topological polar surface area (TPSA) is 73.3 Å². The molecular weight excluding hydrogens is 436 g/mol. The van der Waals surface area contributed by atoms with E-state index in [1.807, 2.05) is 54.2 Å². The van der Waals surface area contributed by atoms with Crippen molar-refractivity contribution in [1.29, 1.82) is 0 Å². The molecule has 2 N–H and O–H groups in total. The Morgan fingerprint density at radius 2 is 1.74 bits per heavy atom. The van der Waals surface area contributed by atoms with Crippen molar-refractivity contribution in [2.75, 3.05) is 4.90 Å². The van der Waals surface area contributed by atoms with Crippen molar-refractivity contribution in [1.82, 2.24) is 9.13 Å². The third kappa shape index (κ3) is 3.13. The van der Waals surface area contributed by atoms with Crippen LogP contribution in [0.5, 0.6) is 0 Å². The van der Waals surface area contributed by atoms with Crippen LogP contribution in [0, 0.1) is 5.92 Å². The molecule has 0 fully saturated rings. The lowest BCUT2D eigenvalue weighted by Gasteiger charge is -2.22. The van der Waals surface area contributed by atoms with Gasteiger partial charge in [0.25, 0.3) is 11.8 Å². The summed E-state index contributed by atoms with van der Waals surface area (Å²) in [6, 6.07) is 14.0. The summed E-state index contributed by atoms with van der Waals surface area (Å²) < 4.78 is 4.29. The Hall–Kier alpha value is -3.64. The van der Waals surface area contributed by atoms with Crippen LogP contribution in [0.2, 0.25) is 0 Å². The molecule has 0 aliphatic carbocycles. The summed E-state index contributed by atoms with van der Waals surface area (Å²) in [5.74, 6) is -0.327. The van der Waals surface area contributed by atoms with Crippen molar-refractivity contribution >= 4 is 44.9 Å². The number of hydrogen-bond acceptors (Lipinski definition) is 3. The molecule has 2 aromatic carbocycles. The average molecular weight is 467 g/mol. The average Bonchev–Trinajstić information content (AvgIpc) is 3.47. The van der Waals surface area contributed by atoms with Gasteiger partial charge in [-0.05, 0) is 42.9 Å². The molecule has 6 rings (SSSR count). The van der Waals surface area contributed by atoms with Gasteiger partial charge in [0.1, 0.15) is 0 Å². The van der Waals surface area contributed by atoms with E-state index >= 15 is 0 Å². The number of imide groups is 1. The van der Waals surface area contributed by atoms with Gasteiger partial charge in [0.15, 0.2) is 0 Å². The highest BCUT2D eigenvalue weighted by Gasteiger charge is 2.39. The van der Waals surface area contributed by atoms with Crippen LogP contribution in [0.3, 0.4) is 0 Å². The third-order valence-corrected chi connectivity index (χ3v) is 7.66. The van der Waals surface area contributed by atoms with E-state index in [0.29, 0.717) is 5.57 Å². The second-order valence-corrected chi connectivity index (χ2v) is 10.1. The molecule has 1 atom stereocenters. The fourth-order valence-electron chi connectivity index (χ4n) is 5.84. The number of aromatic nitrogens is 2. The minimum atomic E-state index is -0.285. The number of hydrogen-bond donors (Lipinski definition) is 1. The van der Waals surface area contributed by atoms with Gasteiger partial charge in [-0.25, -0.2) is 4.90 Å². The molecular formula is C29H30N4O2. The van der Waals surface area contributed by atoms with Crippen molar-refractivity contribution in [3.05, 3.63) is 71.6 Å². The van der Waals surface area contributed by atoms with Crippen molar-refractivity contribution in [2.45, 2.75) is 45.7 Å². The van der Waals surface area contributed by atoms with Gasteiger partial charge in [0, 0.05) is 59.5 Å². The van der Waals surface area contributed by atoms with E-state index in [9.17, 15) is 9.59 Å². The van der Waals surface area contributed by atoms with Gasteiger partial charge < -0.3 is 14.9 Å². The normalized spacial score (nSPS) is 17.1. The fraction of sp³-hybridized carbons (Fsp3) is 0.310. The van der Waals surface area contributed by atoms with Crippen molar-refractivity contribution in [2.24, 2.45) is 18.7 Å². The summed E-state index contributed by atoms with van der Waals surface area (Å²) in [5.41, 5.74) is 12.8. The molecule has 0 bridgehead atoms. The van der Waals surface area contributed by atoms with Gasteiger partial charge in [0.2, 0.25) is 0 Å².